The minimum atomic E-state index is 0.128. The average molecular weight is 344 g/mol. The van der Waals surface area contributed by atoms with Gasteiger partial charge in [0.05, 0.1) is 5.60 Å². The van der Waals surface area contributed by atoms with Gasteiger partial charge in [-0.3, -0.25) is 4.98 Å². The van der Waals surface area contributed by atoms with Crippen molar-refractivity contribution in [2.24, 2.45) is 0 Å². The Balaban J connectivity index is 1.59. The maximum absolute atomic E-state index is 5.96. The second-order valence-electron chi connectivity index (χ2n) is 7.07. The van der Waals surface area contributed by atoms with E-state index in [4.69, 9.17) is 9.72 Å². The van der Waals surface area contributed by atoms with Crippen LogP contribution in [0.3, 0.4) is 0 Å². The van der Waals surface area contributed by atoms with E-state index in [0.29, 0.717) is 5.92 Å². The minimum Gasteiger partial charge on any atom is -0.378 e. The lowest BCUT2D eigenvalue weighted by atomic mass is 9.75. The van der Waals surface area contributed by atoms with E-state index in [2.05, 4.69) is 36.6 Å². The van der Waals surface area contributed by atoms with E-state index in [9.17, 15) is 0 Å². The predicted molar refractivity (Wildman–Crippen MR) is 103 cm³/mol. The van der Waals surface area contributed by atoms with Crippen molar-refractivity contribution in [3.05, 3.63) is 41.5 Å². The molecule has 0 amide bonds. The Bertz CT molecular complexity index is 597. The van der Waals surface area contributed by atoms with Crippen LogP contribution in [0.4, 0.5) is 0 Å². The summed E-state index contributed by atoms with van der Waals surface area (Å²) in [5.41, 5.74) is 2.62. The molecular weight excluding hydrogens is 314 g/mol. The van der Waals surface area contributed by atoms with Crippen LogP contribution in [0.5, 0.6) is 0 Å². The molecule has 130 valence electrons. The molecule has 2 nitrogen and oxygen atoms in total. The molecule has 3 rings (SSSR count). The van der Waals surface area contributed by atoms with Crippen LogP contribution in [0.25, 0.3) is 10.4 Å². The summed E-state index contributed by atoms with van der Waals surface area (Å²) in [6.45, 7) is 2.27. The van der Waals surface area contributed by atoms with Crippen LogP contribution in [0, 0.1) is 0 Å². The van der Waals surface area contributed by atoms with Gasteiger partial charge in [0.2, 0.25) is 0 Å². The third kappa shape index (κ3) is 4.07. The number of aromatic nitrogens is 1. The summed E-state index contributed by atoms with van der Waals surface area (Å²) in [5, 5.41) is 2.12. The second kappa shape index (κ2) is 8.26. The van der Waals surface area contributed by atoms with Crippen molar-refractivity contribution in [1.29, 1.82) is 0 Å². The van der Waals surface area contributed by atoms with Crippen LogP contribution < -0.4 is 0 Å². The second-order valence-corrected chi connectivity index (χ2v) is 8.02. The molecule has 1 aliphatic carbocycles. The van der Waals surface area contributed by atoms with Crippen LogP contribution in [0.15, 0.2) is 35.8 Å². The summed E-state index contributed by atoms with van der Waals surface area (Å²) in [7, 11) is 1.90. The molecular formula is C21H29NOS. The zero-order valence-electron chi connectivity index (χ0n) is 15.0. The number of methoxy groups -OCH3 is 1. The Morgan fingerprint density at radius 2 is 2.04 bits per heavy atom. The van der Waals surface area contributed by atoms with Gasteiger partial charge in [-0.2, -0.15) is 0 Å². The molecule has 0 atom stereocenters. The Labute approximate surface area is 150 Å². The van der Waals surface area contributed by atoms with Gasteiger partial charge in [0, 0.05) is 35.4 Å². The quantitative estimate of drug-likeness (QED) is 0.540. The fourth-order valence-corrected chi connectivity index (χ4v) is 4.65. The molecule has 0 aromatic carbocycles. The molecule has 0 N–H and O–H groups in total. The van der Waals surface area contributed by atoms with Crippen LogP contribution in [-0.4, -0.2) is 17.7 Å². The first kappa shape index (κ1) is 17.6. The van der Waals surface area contributed by atoms with E-state index in [1.165, 1.54) is 67.5 Å². The number of rotatable bonds is 7. The normalized spacial score (nSPS) is 24.2. The number of nitrogens with zero attached hydrogens (tertiary/aromatic N) is 1. The standard InChI is InChI=1S/C21H29NOS/c1-3-4-5-12-21(23-2)13-10-17(11-14-21)19-9-8-18(16-22-19)20-7-6-15-24-20/h6-9,15-17H,3-5,10-14H2,1-2H3. The maximum atomic E-state index is 5.96. The summed E-state index contributed by atoms with van der Waals surface area (Å²) < 4.78 is 5.96. The number of thiophene rings is 1. The van der Waals surface area contributed by atoms with Gasteiger partial charge in [-0.15, -0.1) is 11.3 Å². The lowest BCUT2D eigenvalue weighted by Gasteiger charge is -2.39. The molecule has 1 fully saturated rings. The SMILES string of the molecule is CCCCCC1(OC)CCC(c2ccc(-c3cccs3)cn2)CC1. The molecule has 24 heavy (non-hydrogen) atoms. The molecule has 0 spiro atoms. The maximum Gasteiger partial charge on any atom is 0.0679 e. The monoisotopic (exact) mass is 343 g/mol. The first-order chi connectivity index (χ1) is 11.8. The molecule has 0 radical (unpaired) electrons. The van der Waals surface area contributed by atoms with E-state index in [1.54, 1.807) is 11.3 Å². The minimum absolute atomic E-state index is 0.128. The Kier molecular flexibility index (Phi) is 6.07. The summed E-state index contributed by atoms with van der Waals surface area (Å²) in [6.07, 6.45) is 11.9. The Hall–Kier alpha value is -1.19. The highest BCUT2D eigenvalue weighted by Crippen LogP contribution is 2.42. The highest BCUT2D eigenvalue weighted by Gasteiger charge is 2.35. The molecule has 0 saturated heterocycles. The molecule has 1 aliphatic rings. The van der Waals surface area contributed by atoms with Gasteiger partial charge < -0.3 is 4.74 Å². The van der Waals surface area contributed by atoms with Gasteiger partial charge >= 0.3 is 0 Å². The van der Waals surface area contributed by atoms with Crippen LogP contribution in [0.2, 0.25) is 0 Å². The van der Waals surface area contributed by atoms with Gasteiger partial charge in [0.25, 0.3) is 0 Å². The smallest absolute Gasteiger partial charge is 0.0679 e. The number of hydrogen-bond acceptors (Lipinski definition) is 3. The zero-order valence-corrected chi connectivity index (χ0v) is 15.8. The molecule has 0 unspecified atom stereocenters. The first-order valence-corrected chi connectivity index (χ1v) is 10.2. The van der Waals surface area contributed by atoms with Crippen molar-refractivity contribution in [2.45, 2.75) is 69.8 Å². The molecule has 2 heterocycles. The molecule has 0 aliphatic heterocycles. The third-order valence-corrected chi connectivity index (χ3v) is 6.50. The highest BCUT2D eigenvalue weighted by molar-refractivity contribution is 7.13. The van der Waals surface area contributed by atoms with Crippen LogP contribution in [-0.2, 0) is 4.74 Å². The largest absolute Gasteiger partial charge is 0.378 e. The molecule has 2 aromatic rings. The van der Waals surface area contributed by atoms with Crippen molar-refractivity contribution in [1.82, 2.24) is 4.98 Å². The van der Waals surface area contributed by atoms with Gasteiger partial charge in [-0.05, 0) is 49.6 Å². The van der Waals surface area contributed by atoms with Crippen molar-refractivity contribution < 1.29 is 4.74 Å². The van der Waals surface area contributed by atoms with Crippen LogP contribution >= 0.6 is 11.3 Å². The van der Waals surface area contributed by atoms with Crippen molar-refractivity contribution in [3.63, 3.8) is 0 Å². The van der Waals surface area contributed by atoms with Crippen molar-refractivity contribution >= 4 is 11.3 Å². The number of ether oxygens (including phenoxy) is 1. The molecule has 0 bridgehead atoms. The van der Waals surface area contributed by atoms with Crippen molar-refractivity contribution in [3.8, 4) is 10.4 Å². The average Bonchev–Trinajstić information content (AvgIpc) is 3.17. The van der Waals surface area contributed by atoms with Gasteiger partial charge in [-0.25, -0.2) is 0 Å². The van der Waals surface area contributed by atoms with E-state index in [0.717, 1.165) is 0 Å². The number of pyridine rings is 1. The molecule has 1 saturated carbocycles. The van der Waals surface area contributed by atoms with Crippen LogP contribution in [0.1, 0.15) is 69.9 Å². The topological polar surface area (TPSA) is 22.1 Å². The lowest BCUT2D eigenvalue weighted by molar-refractivity contribution is -0.0508. The first-order valence-electron chi connectivity index (χ1n) is 9.31. The summed E-state index contributed by atoms with van der Waals surface area (Å²) in [5.74, 6) is 0.594. The van der Waals surface area contributed by atoms with Gasteiger partial charge in [-0.1, -0.05) is 38.3 Å². The summed E-state index contributed by atoms with van der Waals surface area (Å²) in [6, 6.07) is 8.72. The Morgan fingerprint density at radius 1 is 1.21 bits per heavy atom. The summed E-state index contributed by atoms with van der Waals surface area (Å²) >= 11 is 1.77. The van der Waals surface area contributed by atoms with Crippen molar-refractivity contribution in [2.75, 3.05) is 7.11 Å². The number of unbranched alkanes of at least 4 members (excludes halogenated alkanes) is 2. The van der Waals surface area contributed by atoms with Gasteiger partial charge in [0.1, 0.15) is 0 Å². The molecule has 3 heteroatoms. The van der Waals surface area contributed by atoms with E-state index in [-0.39, 0.29) is 5.60 Å². The fraction of sp³-hybridized carbons (Fsp3) is 0.571. The highest BCUT2D eigenvalue weighted by atomic mass is 32.1. The van der Waals surface area contributed by atoms with E-state index < -0.39 is 0 Å². The zero-order chi connectivity index (χ0) is 16.8. The fourth-order valence-electron chi connectivity index (χ4n) is 3.93. The third-order valence-electron chi connectivity index (χ3n) is 5.58. The number of hydrogen-bond donors (Lipinski definition) is 0. The van der Waals surface area contributed by atoms with Gasteiger partial charge in [0.15, 0.2) is 0 Å². The predicted octanol–water partition coefficient (Wildman–Crippen LogP) is 6.43. The van der Waals surface area contributed by atoms with E-state index in [1.807, 2.05) is 13.3 Å². The molecule has 2 aromatic heterocycles. The van der Waals surface area contributed by atoms with E-state index >= 15 is 0 Å². The summed E-state index contributed by atoms with van der Waals surface area (Å²) in [4.78, 5) is 6.07. The lowest BCUT2D eigenvalue weighted by Crippen LogP contribution is -2.35. The Morgan fingerprint density at radius 3 is 2.62 bits per heavy atom.